The first-order valence-electron chi connectivity index (χ1n) is 13.8. The Hall–Kier alpha value is -2.84. The lowest BCUT2D eigenvalue weighted by Crippen LogP contribution is -2.52. The molecular formula is C29H39ClN7O2P. The zero-order valence-electron chi connectivity index (χ0n) is 23.7. The van der Waals surface area contributed by atoms with Gasteiger partial charge in [0.2, 0.25) is 5.95 Å². The fourth-order valence-electron chi connectivity index (χ4n) is 5.47. The number of halogens is 1. The fraction of sp³-hybridized carbons (Fsp3) is 0.448. The van der Waals surface area contributed by atoms with Crippen LogP contribution in [0.25, 0.3) is 0 Å². The summed E-state index contributed by atoms with van der Waals surface area (Å²) in [5, 5.41) is 7.65. The van der Waals surface area contributed by atoms with Gasteiger partial charge in [-0.2, -0.15) is 4.98 Å². The molecule has 5 rings (SSSR count). The number of benzene rings is 2. The number of anilines is 5. The van der Waals surface area contributed by atoms with E-state index in [4.69, 9.17) is 16.3 Å². The van der Waals surface area contributed by atoms with E-state index in [2.05, 4.69) is 54.5 Å². The Morgan fingerprint density at radius 2 is 1.70 bits per heavy atom. The van der Waals surface area contributed by atoms with E-state index in [1.54, 1.807) is 26.6 Å². The fourth-order valence-corrected chi connectivity index (χ4v) is 6.76. The van der Waals surface area contributed by atoms with Crippen LogP contribution >= 0.6 is 18.7 Å². The molecule has 9 nitrogen and oxygen atoms in total. The van der Waals surface area contributed by atoms with Crippen LogP contribution in [0, 0.1) is 0 Å². The predicted octanol–water partition coefficient (Wildman–Crippen LogP) is 5.09. The molecule has 2 aliphatic heterocycles. The van der Waals surface area contributed by atoms with Crippen LogP contribution in [0.1, 0.15) is 12.8 Å². The van der Waals surface area contributed by atoms with Crippen LogP contribution in [0.15, 0.2) is 48.7 Å². The van der Waals surface area contributed by atoms with Gasteiger partial charge in [0.15, 0.2) is 5.82 Å². The van der Waals surface area contributed by atoms with Crippen molar-refractivity contribution in [2.45, 2.75) is 18.9 Å². The van der Waals surface area contributed by atoms with Gasteiger partial charge in [-0.3, -0.25) is 4.90 Å². The lowest BCUT2D eigenvalue weighted by molar-refractivity contribution is 0.0982. The maximum atomic E-state index is 12.8. The Kier molecular flexibility index (Phi) is 8.86. The zero-order chi connectivity index (χ0) is 28.3. The first-order valence-corrected chi connectivity index (χ1v) is 16.8. The second kappa shape index (κ2) is 12.4. The number of hydrogen-bond donors (Lipinski definition) is 2. The number of likely N-dealkylation sites (N-methyl/N-ethyl adjacent to an activating group) is 1. The van der Waals surface area contributed by atoms with Gasteiger partial charge in [-0.05, 0) is 57.5 Å². The molecule has 2 fully saturated rings. The number of nitrogens with one attached hydrogen (secondary N) is 2. The number of piperazine rings is 1. The number of aromatic nitrogens is 2. The average molecular weight is 584 g/mol. The van der Waals surface area contributed by atoms with Gasteiger partial charge in [-0.1, -0.05) is 23.7 Å². The second-order valence-corrected chi connectivity index (χ2v) is 14.5. The minimum absolute atomic E-state index is 0.353. The van der Waals surface area contributed by atoms with Gasteiger partial charge in [-0.25, -0.2) is 4.98 Å². The van der Waals surface area contributed by atoms with E-state index in [-0.39, 0.29) is 0 Å². The molecule has 11 heteroatoms. The molecule has 2 N–H and O–H groups in total. The summed E-state index contributed by atoms with van der Waals surface area (Å²) >= 11 is 6.47. The van der Waals surface area contributed by atoms with Gasteiger partial charge in [0.05, 0.1) is 24.7 Å². The lowest BCUT2D eigenvalue weighted by atomic mass is 10.0. The molecule has 2 aromatic carbocycles. The summed E-state index contributed by atoms with van der Waals surface area (Å²) in [7, 11) is 1.38. The van der Waals surface area contributed by atoms with E-state index in [1.807, 2.05) is 30.3 Å². The van der Waals surface area contributed by atoms with Crippen molar-refractivity contribution in [3.05, 3.63) is 53.7 Å². The van der Waals surface area contributed by atoms with Crippen LogP contribution in [-0.2, 0) is 4.57 Å². The topological polar surface area (TPSA) is 85.9 Å². The second-order valence-electron chi connectivity index (χ2n) is 11.0. The highest BCUT2D eigenvalue weighted by atomic mass is 35.5. The van der Waals surface area contributed by atoms with Gasteiger partial charge in [0.1, 0.15) is 17.9 Å². The standard InChI is InChI=1S/C29H39ClN7O2P/c1-35-15-17-37(18-16-35)21-11-13-36(14-12-21)22-9-10-24(26(19-22)39-2)32-28-23(30)20-31-29(34-28)33-25-7-5-6-8-27(25)40(3,4)38/h5-10,19-21H,11-18H2,1-4H3,(H2,31,32,33,34). The Morgan fingerprint density at radius 1 is 0.975 bits per heavy atom. The first-order chi connectivity index (χ1) is 19.2. The minimum Gasteiger partial charge on any atom is -0.494 e. The molecule has 3 heterocycles. The van der Waals surface area contributed by atoms with E-state index in [1.165, 1.54) is 25.9 Å². The summed E-state index contributed by atoms with van der Waals surface area (Å²) in [5.74, 6) is 1.52. The van der Waals surface area contributed by atoms with Crippen LogP contribution in [0.3, 0.4) is 0 Å². The molecule has 40 heavy (non-hydrogen) atoms. The Labute approximate surface area is 242 Å². The van der Waals surface area contributed by atoms with Crippen LogP contribution in [-0.4, -0.2) is 92.6 Å². The summed E-state index contributed by atoms with van der Waals surface area (Å²) in [4.78, 5) is 16.5. The molecule has 0 atom stereocenters. The monoisotopic (exact) mass is 583 g/mol. The number of para-hydroxylation sites is 1. The molecule has 0 saturated carbocycles. The maximum absolute atomic E-state index is 12.8. The van der Waals surface area contributed by atoms with E-state index in [0.29, 0.717) is 34.3 Å². The summed E-state index contributed by atoms with van der Waals surface area (Å²) < 4.78 is 18.5. The van der Waals surface area contributed by atoms with Crippen molar-refractivity contribution < 1.29 is 9.30 Å². The smallest absolute Gasteiger partial charge is 0.229 e. The van der Waals surface area contributed by atoms with Gasteiger partial charge >= 0.3 is 0 Å². The lowest BCUT2D eigenvalue weighted by Gasteiger charge is -2.42. The molecule has 2 aliphatic rings. The van der Waals surface area contributed by atoms with E-state index >= 15 is 0 Å². The number of hydrogen-bond acceptors (Lipinski definition) is 9. The largest absolute Gasteiger partial charge is 0.494 e. The summed E-state index contributed by atoms with van der Waals surface area (Å²) in [6.07, 6.45) is 3.89. The van der Waals surface area contributed by atoms with E-state index in [0.717, 1.165) is 42.9 Å². The van der Waals surface area contributed by atoms with Gasteiger partial charge in [0, 0.05) is 62.4 Å². The van der Waals surface area contributed by atoms with Crippen LogP contribution in [0.5, 0.6) is 5.75 Å². The summed E-state index contributed by atoms with van der Waals surface area (Å²) in [6.45, 7) is 10.2. The number of nitrogens with zero attached hydrogens (tertiary/aromatic N) is 5. The van der Waals surface area contributed by atoms with E-state index < -0.39 is 7.14 Å². The van der Waals surface area contributed by atoms with Gasteiger partial charge in [-0.15, -0.1) is 0 Å². The highest BCUT2D eigenvalue weighted by Gasteiger charge is 2.27. The van der Waals surface area contributed by atoms with Gasteiger partial charge in [0.25, 0.3) is 0 Å². The summed E-state index contributed by atoms with van der Waals surface area (Å²) in [6, 6.07) is 14.4. The third-order valence-electron chi connectivity index (χ3n) is 7.80. The molecule has 0 amide bonds. The van der Waals surface area contributed by atoms with Gasteiger partial charge < -0.3 is 29.7 Å². The number of rotatable bonds is 8. The number of ether oxygens (including phenoxy) is 1. The SMILES string of the molecule is COc1cc(N2CCC(N3CCN(C)CC3)CC2)ccc1Nc1nc(Nc2ccccc2P(C)(C)=O)ncc1Cl. The highest BCUT2D eigenvalue weighted by Crippen LogP contribution is 2.38. The van der Waals surface area contributed by atoms with Crippen LogP contribution in [0.2, 0.25) is 5.02 Å². The maximum Gasteiger partial charge on any atom is 0.229 e. The van der Waals surface area contributed by atoms with Crippen molar-refractivity contribution >= 4 is 52.9 Å². The molecule has 0 unspecified atom stereocenters. The quantitative estimate of drug-likeness (QED) is 0.352. The molecule has 2 saturated heterocycles. The molecule has 214 valence electrons. The third kappa shape index (κ3) is 6.72. The Morgan fingerprint density at radius 3 is 2.40 bits per heavy atom. The average Bonchev–Trinajstić information content (AvgIpc) is 2.95. The van der Waals surface area contributed by atoms with Crippen molar-refractivity contribution in [3.8, 4) is 5.75 Å². The molecule has 0 aliphatic carbocycles. The summed E-state index contributed by atoms with van der Waals surface area (Å²) in [5.41, 5.74) is 2.62. The molecular weight excluding hydrogens is 545 g/mol. The predicted molar refractivity (Wildman–Crippen MR) is 166 cm³/mol. The normalized spacial score (nSPS) is 17.6. The molecule has 3 aromatic rings. The van der Waals surface area contributed by atoms with Crippen molar-refractivity contribution in [1.29, 1.82) is 0 Å². The number of methoxy groups -OCH3 is 1. The number of piperidine rings is 1. The third-order valence-corrected chi connectivity index (χ3v) is 9.62. The van der Waals surface area contributed by atoms with E-state index in [9.17, 15) is 4.57 Å². The molecule has 0 spiro atoms. The molecule has 1 aromatic heterocycles. The Bertz CT molecular complexity index is 1370. The first kappa shape index (κ1) is 28.7. The highest BCUT2D eigenvalue weighted by molar-refractivity contribution is 7.70. The minimum atomic E-state index is -2.49. The van der Waals surface area contributed by atoms with Crippen molar-refractivity contribution in [2.75, 3.05) is 82.3 Å². The van der Waals surface area contributed by atoms with Crippen LogP contribution < -0.4 is 25.6 Å². The van der Waals surface area contributed by atoms with Crippen molar-refractivity contribution in [1.82, 2.24) is 19.8 Å². The molecule has 0 bridgehead atoms. The van der Waals surface area contributed by atoms with Crippen molar-refractivity contribution in [3.63, 3.8) is 0 Å². The van der Waals surface area contributed by atoms with Crippen LogP contribution in [0.4, 0.5) is 28.8 Å². The van der Waals surface area contributed by atoms with Crippen molar-refractivity contribution in [2.24, 2.45) is 0 Å². The zero-order valence-corrected chi connectivity index (χ0v) is 25.4. The Balaban J connectivity index is 1.27. The molecule has 0 radical (unpaired) electrons.